The molecule has 6 rings (SSSR count). The van der Waals surface area contributed by atoms with Gasteiger partial charge in [0.25, 0.3) is 11.5 Å². The summed E-state index contributed by atoms with van der Waals surface area (Å²) >= 11 is 0. The van der Waals surface area contributed by atoms with Gasteiger partial charge in [0.05, 0.1) is 17.4 Å². The molecular formula is C31H29FN4O6. The molecule has 1 aromatic heterocycles. The Kier molecular flexibility index (Phi) is 7.47. The number of hydrogen-bond acceptors (Lipinski definition) is 6. The number of benzene rings is 3. The molecule has 11 heteroatoms. The van der Waals surface area contributed by atoms with Gasteiger partial charge in [0.2, 0.25) is 12.7 Å². The lowest BCUT2D eigenvalue weighted by Crippen LogP contribution is -2.42. The summed E-state index contributed by atoms with van der Waals surface area (Å²) in [4.78, 5) is 53.6. The molecule has 1 saturated carbocycles. The second kappa shape index (κ2) is 11.5. The molecule has 0 bridgehead atoms. The van der Waals surface area contributed by atoms with Crippen molar-refractivity contribution >= 4 is 28.4 Å². The molecule has 0 radical (unpaired) electrons. The summed E-state index contributed by atoms with van der Waals surface area (Å²) < 4.78 is 26.4. The van der Waals surface area contributed by atoms with Crippen LogP contribution < -0.4 is 31.4 Å². The van der Waals surface area contributed by atoms with Crippen LogP contribution in [-0.2, 0) is 17.9 Å². The van der Waals surface area contributed by atoms with Crippen molar-refractivity contribution in [3.05, 3.63) is 98.4 Å². The lowest BCUT2D eigenvalue weighted by atomic mass is 9.95. The number of fused-ring (bicyclic) bond motifs is 2. The number of ether oxygens (including phenoxy) is 2. The van der Waals surface area contributed by atoms with Crippen molar-refractivity contribution in [3.63, 3.8) is 0 Å². The predicted octanol–water partition coefficient (Wildman–Crippen LogP) is 3.78. The van der Waals surface area contributed by atoms with Gasteiger partial charge in [-0.2, -0.15) is 0 Å². The number of carbonyl (C=O) groups excluding carboxylic acids is 2. The molecule has 0 unspecified atom stereocenters. The normalized spacial score (nSPS) is 14.6. The van der Waals surface area contributed by atoms with Gasteiger partial charge in [0, 0.05) is 17.3 Å². The van der Waals surface area contributed by atoms with Gasteiger partial charge in [0.15, 0.2) is 11.5 Å². The fourth-order valence-corrected chi connectivity index (χ4v) is 5.47. The lowest BCUT2D eigenvalue weighted by molar-refractivity contribution is -0.116. The first-order valence-corrected chi connectivity index (χ1v) is 13.9. The minimum atomic E-state index is -0.718. The Hall–Kier alpha value is -4.93. The number of nitrogens with one attached hydrogen (secondary N) is 2. The van der Waals surface area contributed by atoms with Gasteiger partial charge in [-0.15, -0.1) is 0 Å². The molecule has 42 heavy (non-hydrogen) atoms. The van der Waals surface area contributed by atoms with Gasteiger partial charge in [-0.1, -0.05) is 25.3 Å². The first kappa shape index (κ1) is 27.3. The van der Waals surface area contributed by atoms with Crippen molar-refractivity contribution in [1.29, 1.82) is 0 Å². The summed E-state index contributed by atoms with van der Waals surface area (Å²) in [5, 5.41) is 5.88. The van der Waals surface area contributed by atoms with E-state index in [1.165, 1.54) is 41.0 Å². The Morgan fingerprint density at radius 1 is 0.881 bits per heavy atom. The minimum Gasteiger partial charge on any atom is -0.454 e. The van der Waals surface area contributed by atoms with Gasteiger partial charge in [-0.25, -0.2) is 9.18 Å². The Morgan fingerprint density at radius 2 is 1.64 bits per heavy atom. The van der Waals surface area contributed by atoms with Crippen LogP contribution in [0.25, 0.3) is 10.9 Å². The van der Waals surface area contributed by atoms with Crippen LogP contribution in [-0.4, -0.2) is 33.8 Å². The van der Waals surface area contributed by atoms with E-state index in [1.54, 1.807) is 24.3 Å². The van der Waals surface area contributed by atoms with E-state index in [2.05, 4.69) is 10.6 Å². The Morgan fingerprint density at radius 3 is 2.43 bits per heavy atom. The predicted molar refractivity (Wildman–Crippen MR) is 154 cm³/mol. The molecule has 0 saturated heterocycles. The van der Waals surface area contributed by atoms with Crippen molar-refractivity contribution in [2.45, 2.75) is 51.2 Å². The van der Waals surface area contributed by atoms with Gasteiger partial charge in [-0.05, 0) is 73.0 Å². The van der Waals surface area contributed by atoms with Crippen molar-refractivity contribution in [3.8, 4) is 11.5 Å². The zero-order valence-corrected chi connectivity index (χ0v) is 22.7. The fraction of sp³-hybridized carbons (Fsp3) is 0.290. The Labute approximate surface area is 239 Å². The third kappa shape index (κ3) is 5.63. The molecule has 2 amide bonds. The summed E-state index contributed by atoms with van der Waals surface area (Å²) in [6.07, 6.45) is 5.05. The standard InChI is InChI=1S/C31H29FN4O6/c32-21-8-10-23(11-9-21)33-28(37)17-35-25-15-20(29(38)34-22-4-2-1-3-5-22)7-12-24(25)30(39)36(31(35)40)16-19-6-13-26-27(14-19)42-18-41-26/h6-15,22H,1-5,16-18H2,(H,33,37)(H,34,38). The second-order valence-electron chi connectivity index (χ2n) is 10.5. The van der Waals surface area contributed by atoms with Crippen LogP contribution in [0.4, 0.5) is 10.1 Å². The second-order valence-corrected chi connectivity index (χ2v) is 10.5. The van der Waals surface area contributed by atoms with E-state index >= 15 is 0 Å². The minimum absolute atomic E-state index is 0.0697. The highest BCUT2D eigenvalue weighted by Crippen LogP contribution is 2.32. The molecule has 0 spiro atoms. The summed E-state index contributed by atoms with van der Waals surface area (Å²) in [7, 11) is 0. The maximum absolute atomic E-state index is 13.8. The molecule has 3 aromatic carbocycles. The summed E-state index contributed by atoms with van der Waals surface area (Å²) in [6, 6.07) is 15.0. The van der Waals surface area contributed by atoms with Crippen LogP contribution in [0, 0.1) is 5.82 Å². The number of aromatic nitrogens is 2. The van der Waals surface area contributed by atoms with Crippen LogP contribution in [0.5, 0.6) is 11.5 Å². The first-order chi connectivity index (χ1) is 20.4. The van der Waals surface area contributed by atoms with E-state index < -0.39 is 29.5 Å². The fourth-order valence-electron chi connectivity index (χ4n) is 5.47. The van der Waals surface area contributed by atoms with E-state index in [4.69, 9.17) is 9.47 Å². The molecule has 0 atom stereocenters. The largest absolute Gasteiger partial charge is 0.454 e. The number of anilines is 1. The van der Waals surface area contributed by atoms with Gasteiger partial charge in [-0.3, -0.25) is 23.5 Å². The molecule has 1 fully saturated rings. The molecule has 10 nitrogen and oxygen atoms in total. The monoisotopic (exact) mass is 572 g/mol. The maximum atomic E-state index is 13.8. The van der Waals surface area contributed by atoms with E-state index in [0.717, 1.165) is 36.7 Å². The Balaban J connectivity index is 1.38. The van der Waals surface area contributed by atoms with Crippen LogP contribution in [0.1, 0.15) is 48.0 Å². The van der Waals surface area contributed by atoms with Crippen molar-refractivity contribution in [1.82, 2.24) is 14.5 Å². The van der Waals surface area contributed by atoms with Crippen LogP contribution in [0.15, 0.2) is 70.3 Å². The SMILES string of the molecule is O=C(Cn1c(=O)n(Cc2ccc3c(c2)OCO3)c(=O)c2ccc(C(=O)NC3CCCCC3)cc21)Nc1ccc(F)cc1. The van der Waals surface area contributed by atoms with E-state index in [1.807, 2.05) is 0 Å². The third-order valence-corrected chi connectivity index (χ3v) is 7.64. The van der Waals surface area contributed by atoms with Crippen molar-refractivity contribution in [2.75, 3.05) is 12.1 Å². The van der Waals surface area contributed by atoms with Crippen LogP contribution in [0.2, 0.25) is 0 Å². The maximum Gasteiger partial charge on any atom is 0.332 e. The lowest BCUT2D eigenvalue weighted by Gasteiger charge is -2.23. The van der Waals surface area contributed by atoms with E-state index in [0.29, 0.717) is 22.7 Å². The zero-order chi connectivity index (χ0) is 29.2. The number of carbonyl (C=O) groups is 2. The number of nitrogens with zero attached hydrogens (tertiary/aromatic N) is 2. The Bertz CT molecular complexity index is 1790. The summed E-state index contributed by atoms with van der Waals surface area (Å²) in [6.45, 7) is -0.434. The average molecular weight is 573 g/mol. The average Bonchev–Trinajstić information content (AvgIpc) is 3.47. The quantitative estimate of drug-likeness (QED) is 0.348. The van der Waals surface area contributed by atoms with Crippen molar-refractivity contribution in [2.24, 2.45) is 0 Å². The molecule has 1 aliphatic carbocycles. The third-order valence-electron chi connectivity index (χ3n) is 7.64. The van der Waals surface area contributed by atoms with Gasteiger partial charge < -0.3 is 20.1 Å². The summed E-state index contributed by atoms with van der Waals surface area (Å²) in [5.41, 5.74) is 0.153. The highest BCUT2D eigenvalue weighted by molar-refractivity contribution is 5.98. The molecule has 216 valence electrons. The number of amides is 2. The number of halogens is 1. The van der Waals surface area contributed by atoms with E-state index in [9.17, 15) is 23.6 Å². The molecular weight excluding hydrogens is 543 g/mol. The first-order valence-electron chi connectivity index (χ1n) is 13.9. The highest BCUT2D eigenvalue weighted by atomic mass is 19.1. The topological polar surface area (TPSA) is 121 Å². The smallest absolute Gasteiger partial charge is 0.332 e. The molecule has 2 heterocycles. The molecule has 4 aromatic rings. The number of hydrogen-bond donors (Lipinski definition) is 2. The van der Waals surface area contributed by atoms with Gasteiger partial charge in [0.1, 0.15) is 12.4 Å². The molecule has 1 aliphatic heterocycles. The van der Waals surface area contributed by atoms with Crippen molar-refractivity contribution < 1.29 is 23.5 Å². The highest BCUT2D eigenvalue weighted by Gasteiger charge is 2.21. The zero-order valence-electron chi connectivity index (χ0n) is 22.7. The van der Waals surface area contributed by atoms with Gasteiger partial charge >= 0.3 is 5.69 Å². The van der Waals surface area contributed by atoms with E-state index in [-0.39, 0.29) is 41.8 Å². The van der Waals surface area contributed by atoms with Crippen LogP contribution in [0.3, 0.4) is 0 Å². The number of rotatable bonds is 7. The molecule has 2 N–H and O–H groups in total. The summed E-state index contributed by atoms with van der Waals surface area (Å²) in [5.74, 6) is -0.240. The molecule has 2 aliphatic rings. The van der Waals surface area contributed by atoms with Crippen LogP contribution >= 0.6 is 0 Å².